The van der Waals surface area contributed by atoms with Crippen LogP contribution in [0.4, 0.5) is 13.2 Å². The Kier molecular flexibility index (Phi) is 4.68. The molecule has 0 bridgehead atoms. The van der Waals surface area contributed by atoms with Gasteiger partial charge in [-0.3, -0.25) is 0 Å². The molecule has 0 amide bonds. The Balaban J connectivity index is 2.34. The van der Waals surface area contributed by atoms with E-state index in [0.717, 1.165) is 6.07 Å². The van der Waals surface area contributed by atoms with Crippen LogP contribution in [-0.4, -0.2) is 7.05 Å². The Labute approximate surface area is 120 Å². The molecular weight excluding hydrogens is 287 g/mol. The van der Waals surface area contributed by atoms with Crippen molar-refractivity contribution in [1.82, 2.24) is 5.32 Å². The molecule has 2 rings (SSSR count). The van der Waals surface area contributed by atoms with Crippen LogP contribution in [-0.2, 0) is 6.42 Å². The SMILES string of the molecule is CNC(Cc1cccc(F)c1F)c1cc(F)ccc1Cl. The molecule has 106 valence electrons. The summed E-state index contributed by atoms with van der Waals surface area (Å²) in [7, 11) is 1.66. The van der Waals surface area contributed by atoms with Crippen LogP contribution in [0, 0.1) is 17.5 Å². The molecule has 1 atom stereocenters. The molecule has 20 heavy (non-hydrogen) atoms. The highest BCUT2D eigenvalue weighted by atomic mass is 35.5. The van der Waals surface area contributed by atoms with Crippen LogP contribution < -0.4 is 5.32 Å². The van der Waals surface area contributed by atoms with Crippen molar-refractivity contribution in [3.8, 4) is 0 Å². The molecular formula is C15H13ClF3N. The minimum atomic E-state index is -0.900. The molecule has 0 aromatic heterocycles. The minimum Gasteiger partial charge on any atom is -0.313 e. The van der Waals surface area contributed by atoms with Crippen molar-refractivity contribution >= 4 is 11.6 Å². The summed E-state index contributed by atoms with van der Waals surface area (Å²) in [5.74, 6) is -2.22. The largest absolute Gasteiger partial charge is 0.313 e. The van der Waals surface area contributed by atoms with E-state index in [1.165, 1.54) is 30.3 Å². The van der Waals surface area contributed by atoms with E-state index in [-0.39, 0.29) is 12.0 Å². The van der Waals surface area contributed by atoms with Gasteiger partial charge in [-0.2, -0.15) is 0 Å². The lowest BCUT2D eigenvalue weighted by Gasteiger charge is -2.18. The first-order valence-corrected chi connectivity index (χ1v) is 6.46. The molecule has 0 radical (unpaired) electrons. The van der Waals surface area contributed by atoms with E-state index in [2.05, 4.69) is 5.32 Å². The summed E-state index contributed by atoms with van der Waals surface area (Å²) in [4.78, 5) is 0. The first kappa shape index (κ1) is 14.9. The standard InChI is InChI=1S/C15H13ClF3N/c1-20-14(11-8-10(17)5-6-12(11)16)7-9-3-2-4-13(18)15(9)19/h2-6,8,14,20H,7H2,1H3. The second kappa shape index (κ2) is 6.29. The Morgan fingerprint density at radius 2 is 1.90 bits per heavy atom. The number of nitrogens with one attached hydrogen (secondary N) is 1. The van der Waals surface area contributed by atoms with Gasteiger partial charge in [0, 0.05) is 11.1 Å². The molecule has 0 saturated carbocycles. The summed E-state index contributed by atoms with van der Waals surface area (Å²) in [6.07, 6.45) is 0.170. The van der Waals surface area contributed by atoms with Gasteiger partial charge in [0.1, 0.15) is 5.82 Å². The van der Waals surface area contributed by atoms with Gasteiger partial charge in [-0.1, -0.05) is 23.7 Å². The lowest BCUT2D eigenvalue weighted by atomic mass is 9.98. The fourth-order valence-corrected chi connectivity index (χ4v) is 2.32. The van der Waals surface area contributed by atoms with Crippen LogP contribution in [0.3, 0.4) is 0 Å². The summed E-state index contributed by atoms with van der Waals surface area (Å²) in [6.45, 7) is 0. The third-order valence-electron chi connectivity index (χ3n) is 3.14. The van der Waals surface area contributed by atoms with Crippen molar-refractivity contribution in [3.05, 3.63) is 70.0 Å². The maximum Gasteiger partial charge on any atom is 0.162 e. The van der Waals surface area contributed by atoms with Crippen molar-refractivity contribution in [1.29, 1.82) is 0 Å². The lowest BCUT2D eigenvalue weighted by Crippen LogP contribution is -2.20. The van der Waals surface area contributed by atoms with Gasteiger partial charge in [0.05, 0.1) is 0 Å². The second-order valence-electron chi connectivity index (χ2n) is 4.42. The van der Waals surface area contributed by atoms with E-state index in [9.17, 15) is 13.2 Å². The van der Waals surface area contributed by atoms with E-state index in [1.54, 1.807) is 7.05 Å². The Hall–Kier alpha value is -1.52. The van der Waals surface area contributed by atoms with Gasteiger partial charge in [0.2, 0.25) is 0 Å². The van der Waals surface area contributed by atoms with E-state index in [0.29, 0.717) is 10.6 Å². The smallest absolute Gasteiger partial charge is 0.162 e. The van der Waals surface area contributed by atoms with Gasteiger partial charge in [0.25, 0.3) is 0 Å². The van der Waals surface area contributed by atoms with Crippen LogP contribution in [0.2, 0.25) is 5.02 Å². The highest BCUT2D eigenvalue weighted by Crippen LogP contribution is 2.27. The topological polar surface area (TPSA) is 12.0 Å². The zero-order valence-electron chi connectivity index (χ0n) is 10.8. The van der Waals surface area contributed by atoms with Gasteiger partial charge >= 0.3 is 0 Å². The molecule has 1 N–H and O–H groups in total. The van der Waals surface area contributed by atoms with Crippen LogP contribution in [0.25, 0.3) is 0 Å². The van der Waals surface area contributed by atoms with Gasteiger partial charge in [-0.05, 0) is 48.9 Å². The van der Waals surface area contributed by atoms with Gasteiger partial charge < -0.3 is 5.32 Å². The third kappa shape index (κ3) is 3.14. The van der Waals surface area contributed by atoms with Gasteiger partial charge in [-0.15, -0.1) is 0 Å². The fourth-order valence-electron chi connectivity index (χ4n) is 2.08. The third-order valence-corrected chi connectivity index (χ3v) is 3.48. The molecule has 0 saturated heterocycles. The molecule has 0 fully saturated rings. The Bertz CT molecular complexity index is 616. The summed E-state index contributed by atoms with van der Waals surface area (Å²) in [5.41, 5.74) is 0.725. The number of benzene rings is 2. The highest BCUT2D eigenvalue weighted by Gasteiger charge is 2.17. The normalized spacial score (nSPS) is 12.4. The molecule has 1 nitrogen and oxygen atoms in total. The molecule has 2 aromatic carbocycles. The zero-order valence-corrected chi connectivity index (χ0v) is 11.5. The summed E-state index contributed by atoms with van der Waals surface area (Å²) < 4.78 is 40.2. The van der Waals surface area contributed by atoms with Crippen molar-refractivity contribution in [2.45, 2.75) is 12.5 Å². The van der Waals surface area contributed by atoms with E-state index < -0.39 is 23.5 Å². The number of rotatable bonds is 4. The number of likely N-dealkylation sites (N-methyl/N-ethyl adjacent to an activating group) is 1. The molecule has 5 heteroatoms. The maximum absolute atomic E-state index is 13.7. The zero-order chi connectivity index (χ0) is 14.7. The van der Waals surface area contributed by atoms with E-state index in [1.807, 2.05) is 0 Å². The molecule has 1 unspecified atom stereocenters. The van der Waals surface area contributed by atoms with E-state index in [4.69, 9.17) is 11.6 Å². The molecule has 0 aliphatic heterocycles. The van der Waals surface area contributed by atoms with Gasteiger partial charge in [0.15, 0.2) is 11.6 Å². The van der Waals surface area contributed by atoms with Crippen molar-refractivity contribution in [3.63, 3.8) is 0 Å². The predicted octanol–water partition coefficient (Wildman–Crippen LogP) is 4.26. The first-order valence-electron chi connectivity index (χ1n) is 6.08. The quantitative estimate of drug-likeness (QED) is 0.889. The van der Waals surface area contributed by atoms with Crippen LogP contribution in [0.15, 0.2) is 36.4 Å². The van der Waals surface area contributed by atoms with Crippen molar-refractivity contribution in [2.24, 2.45) is 0 Å². The molecule has 0 aliphatic rings. The maximum atomic E-state index is 13.7. The highest BCUT2D eigenvalue weighted by molar-refractivity contribution is 6.31. The van der Waals surface area contributed by atoms with Crippen molar-refractivity contribution < 1.29 is 13.2 Å². The predicted molar refractivity (Wildman–Crippen MR) is 73.3 cm³/mol. The van der Waals surface area contributed by atoms with Crippen LogP contribution in [0.1, 0.15) is 17.2 Å². The van der Waals surface area contributed by atoms with Crippen molar-refractivity contribution in [2.75, 3.05) is 7.05 Å². The lowest BCUT2D eigenvalue weighted by molar-refractivity contribution is 0.486. The minimum absolute atomic E-state index is 0.170. The monoisotopic (exact) mass is 299 g/mol. The molecule has 0 spiro atoms. The number of halogens is 4. The number of hydrogen-bond donors (Lipinski definition) is 1. The van der Waals surface area contributed by atoms with E-state index >= 15 is 0 Å². The molecule has 0 aliphatic carbocycles. The first-order chi connectivity index (χ1) is 9.52. The Morgan fingerprint density at radius 1 is 1.15 bits per heavy atom. The molecule has 0 heterocycles. The Morgan fingerprint density at radius 3 is 2.60 bits per heavy atom. The second-order valence-corrected chi connectivity index (χ2v) is 4.83. The average Bonchev–Trinajstić information content (AvgIpc) is 2.43. The molecule has 2 aromatic rings. The van der Waals surface area contributed by atoms with Crippen LogP contribution >= 0.6 is 11.6 Å². The summed E-state index contributed by atoms with van der Waals surface area (Å²) in [6, 6.07) is 7.57. The van der Waals surface area contributed by atoms with Crippen LogP contribution in [0.5, 0.6) is 0 Å². The average molecular weight is 300 g/mol. The number of hydrogen-bond acceptors (Lipinski definition) is 1. The summed E-state index contributed by atoms with van der Waals surface area (Å²) >= 11 is 6.03. The summed E-state index contributed by atoms with van der Waals surface area (Å²) in [5, 5.41) is 3.32. The van der Waals surface area contributed by atoms with Gasteiger partial charge in [-0.25, -0.2) is 13.2 Å². The fraction of sp³-hybridized carbons (Fsp3) is 0.200.